The van der Waals surface area contributed by atoms with Gasteiger partial charge in [0.05, 0.1) is 77.2 Å². The molecule has 0 radical (unpaired) electrons. The number of hydrogen-bond acceptors (Lipinski definition) is 24. The van der Waals surface area contributed by atoms with Gasteiger partial charge in [0.25, 0.3) is 0 Å². The van der Waals surface area contributed by atoms with Gasteiger partial charge in [-0.25, -0.2) is 0 Å². The quantitative estimate of drug-likeness (QED) is 0.0256. The highest BCUT2D eigenvalue weighted by Crippen LogP contribution is 2.30. The second kappa shape index (κ2) is 45.5. The van der Waals surface area contributed by atoms with Crippen molar-refractivity contribution in [3.8, 4) is 0 Å². The van der Waals surface area contributed by atoms with Crippen molar-refractivity contribution in [2.75, 3.05) is 98.7 Å². The summed E-state index contributed by atoms with van der Waals surface area (Å²) in [7, 11) is 0. The Labute approximate surface area is 538 Å². The number of nitrogens with one attached hydrogen (secondary N) is 8. The van der Waals surface area contributed by atoms with Crippen molar-refractivity contribution in [2.45, 2.75) is 216 Å². The number of carbonyl (C=O) groups is 8. The van der Waals surface area contributed by atoms with Crippen LogP contribution in [0.25, 0.3) is 0 Å². The normalized spacial score (nSPS) is 27.0. The van der Waals surface area contributed by atoms with E-state index in [4.69, 9.17) is 33.2 Å². The zero-order chi connectivity index (χ0) is 68.0. The molecule has 3 aliphatic rings. The third-order valence-corrected chi connectivity index (χ3v) is 16.2. The Hall–Kier alpha value is -4.88. The number of amides is 8. The number of carbonyl (C=O) groups excluding carboxylic acids is 8. The van der Waals surface area contributed by atoms with E-state index in [-0.39, 0.29) is 160 Å². The van der Waals surface area contributed by atoms with Crippen LogP contribution in [0.15, 0.2) is 0 Å². The second-order valence-electron chi connectivity index (χ2n) is 23.7. The molecule has 6 unspecified atom stereocenters. The third-order valence-electron chi connectivity index (χ3n) is 16.2. The maximum Gasteiger partial charge on any atom is 0.222 e. The van der Waals surface area contributed by atoms with Gasteiger partial charge in [-0.2, -0.15) is 0 Å². The van der Waals surface area contributed by atoms with Gasteiger partial charge in [-0.1, -0.05) is 27.7 Å². The van der Waals surface area contributed by atoms with Crippen LogP contribution in [0.4, 0.5) is 0 Å². The third kappa shape index (κ3) is 30.7. The number of rotatable bonds is 47. The lowest BCUT2D eigenvalue weighted by atomic mass is 9.82. The number of aliphatic hydroxyl groups excluding tert-OH is 9. The minimum Gasteiger partial charge on any atom is -0.394 e. The lowest BCUT2D eigenvalue weighted by Gasteiger charge is -2.40. The van der Waals surface area contributed by atoms with Crippen molar-refractivity contribution in [3.63, 3.8) is 0 Å². The van der Waals surface area contributed by atoms with Crippen LogP contribution in [0.3, 0.4) is 0 Å². The Bertz CT molecular complexity index is 1980. The van der Waals surface area contributed by atoms with Gasteiger partial charge >= 0.3 is 0 Å². The first-order valence-electron chi connectivity index (χ1n) is 32.5. The average molecular weight is 1330 g/mol. The molecular formula is C60H108N8O24. The molecule has 0 aromatic carbocycles. The summed E-state index contributed by atoms with van der Waals surface area (Å²) in [5.74, 6) is -5.05. The van der Waals surface area contributed by atoms with Crippen LogP contribution in [0.5, 0.6) is 0 Å². The monoisotopic (exact) mass is 1320 g/mol. The molecule has 3 heterocycles. The highest BCUT2D eigenvalue weighted by atomic mass is 16.7. The smallest absolute Gasteiger partial charge is 0.222 e. The molecule has 0 saturated carbocycles. The zero-order valence-corrected chi connectivity index (χ0v) is 53.9. The van der Waals surface area contributed by atoms with Crippen LogP contribution in [0.2, 0.25) is 0 Å². The number of ether oxygens (including phenoxy) is 7. The summed E-state index contributed by atoms with van der Waals surface area (Å²) < 4.78 is 38.9. The summed E-state index contributed by atoms with van der Waals surface area (Å²) in [6.07, 6.45) is -11.8. The summed E-state index contributed by atoms with van der Waals surface area (Å²) in [5.41, 5.74) is -1.32. The van der Waals surface area contributed by atoms with Crippen molar-refractivity contribution < 1.29 is 117 Å². The van der Waals surface area contributed by atoms with Gasteiger partial charge in [0.2, 0.25) is 47.3 Å². The second-order valence-corrected chi connectivity index (χ2v) is 23.7. The highest BCUT2D eigenvalue weighted by Gasteiger charge is 2.45. The maximum atomic E-state index is 13.9. The molecule has 32 heteroatoms. The van der Waals surface area contributed by atoms with Crippen LogP contribution in [-0.2, 0) is 71.5 Å². The summed E-state index contributed by atoms with van der Waals surface area (Å²) in [6, 6.07) is 0. The molecule has 15 atom stereocenters. The number of hydrogen-bond donors (Lipinski definition) is 17. The van der Waals surface area contributed by atoms with Crippen LogP contribution < -0.4 is 42.5 Å². The molecule has 3 saturated heterocycles. The van der Waals surface area contributed by atoms with E-state index < -0.39 is 141 Å². The molecule has 0 bridgehead atoms. The SMILES string of the molecule is CCCOCCCNC(=O)CCCC(=O)NC(CCC(=O)NCCCNC(=O)CCO[C@@H]1OC(CO)[C@H](O)C(O)[C@@H]1C)(CCC(=O)NCCCNC(=O)CCO[C@@H]1OC(CO)[C@H](O)C(O)[C@@H]1C)CCC(=O)NCCCNC(=O)CCO[C@@H]1OC(CO)[C@H](O)C(O)[C@@H]1C. The molecule has 17 N–H and O–H groups in total. The van der Waals surface area contributed by atoms with Crippen LogP contribution in [-0.4, -0.2) is 271 Å². The molecular weight excluding hydrogens is 1220 g/mol. The van der Waals surface area contributed by atoms with Gasteiger partial charge in [0, 0.05) is 114 Å². The molecule has 0 spiro atoms. The van der Waals surface area contributed by atoms with E-state index in [0.29, 0.717) is 45.4 Å². The maximum absolute atomic E-state index is 13.9. The van der Waals surface area contributed by atoms with Crippen molar-refractivity contribution in [2.24, 2.45) is 17.8 Å². The Kier molecular flexibility index (Phi) is 40.2. The van der Waals surface area contributed by atoms with Crippen molar-refractivity contribution >= 4 is 47.3 Å². The van der Waals surface area contributed by atoms with E-state index in [1.165, 1.54) is 0 Å². The standard InChI is InChI=1S/C60H108N8O24/c1-5-29-86-30-10-28-67-43(72)11-6-12-50(79)68-60(19-13-44(73)61-22-7-25-64-47(76)16-31-87-57-37(2)51(80)54(83)40(34-69)90-57,20-14-45(74)62-23-8-26-65-48(77)17-32-88-58-38(3)52(81)55(84)41(35-70)91-58)21-15-46(75)63-24-9-27-66-49(78)18-33-89-59-39(4)53(82)56(85)42(36-71)92-59/h37-42,51-59,69-71,80-85H,5-36H2,1-4H3,(H,61,73)(H,62,74)(H,63,75)(H,64,76)(H,65,77)(H,66,78)(H,67,72)(H,68,79)/t37-,38-,39-,40?,41?,42?,51?,52?,53?,54-,55-,56-,57+,58+,59+,60?/m0/s1. The molecule has 3 fully saturated rings. The van der Waals surface area contributed by atoms with E-state index >= 15 is 0 Å². The molecule has 32 nitrogen and oxygen atoms in total. The topological polar surface area (TPSA) is 479 Å². The van der Waals surface area contributed by atoms with Gasteiger partial charge in [0.15, 0.2) is 18.9 Å². The van der Waals surface area contributed by atoms with Crippen LogP contribution in [0, 0.1) is 17.8 Å². The van der Waals surface area contributed by atoms with Gasteiger partial charge in [-0.05, 0) is 57.8 Å². The molecule has 0 aromatic heterocycles. The zero-order valence-electron chi connectivity index (χ0n) is 53.9. The predicted octanol–water partition coefficient (Wildman–Crippen LogP) is -4.40. The fourth-order valence-corrected chi connectivity index (χ4v) is 10.3. The Balaban J connectivity index is 1.62. The van der Waals surface area contributed by atoms with Crippen LogP contribution in [0.1, 0.15) is 137 Å². The van der Waals surface area contributed by atoms with E-state index in [1.807, 2.05) is 6.92 Å². The van der Waals surface area contributed by atoms with Crippen LogP contribution >= 0.6 is 0 Å². The largest absolute Gasteiger partial charge is 0.394 e. The average Bonchev–Trinajstić information content (AvgIpc) is 0.994. The minimum absolute atomic E-state index is 0.0288. The summed E-state index contributed by atoms with van der Waals surface area (Å²) >= 11 is 0. The summed E-state index contributed by atoms with van der Waals surface area (Å²) in [4.78, 5) is 105. The summed E-state index contributed by atoms with van der Waals surface area (Å²) in [5, 5.41) is 112. The van der Waals surface area contributed by atoms with E-state index in [2.05, 4.69) is 42.5 Å². The van der Waals surface area contributed by atoms with Gasteiger partial charge < -0.3 is 122 Å². The Morgan fingerprint density at radius 3 is 0.946 bits per heavy atom. The van der Waals surface area contributed by atoms with Gasteiger partial charge in [-0.15, -0.1) is 0 Å². The van der Waals surface area contributed by atoms with Crippen molar-refractivity contribution in [1.82, 2.24) is 42.5 Å². The fraction of sp³-hybridized carbons (Fsp3) is 0.867. The van der Waals surface area contributed by atoms with E-state index in [9.17, 15) is 84.3 Å². The Morgan fingerprint density at radius 2 is 0.641 bits per heavy atom. The van der Waals surface area contributed by atoms with Gasteiger partial charge in [-0.3, -0.25) is 38.4 Å². The Morgan fingerprint density at radius 1 is 0.359 bits per heavy atom. The van der Waals surface area contributed by atoms with Crippen molar-refractivity contribution in [1.29, 1.82) is 0 Å². The first-order valence-corrected chi connectivity index (χ1v) is 32.5. The number of aliphatic hydroxyl groups is 9. The van der Waals surface area contributed by atoms with E-state index in [1.54, 1.807) is 20.8 Å². The molecule has 3 rings (SSSR count). The minimum atomic E-state index is -1.32. The molecule has 92 heavy (non-hydrogen) atoms. The molecule has 532 valence electrons. The molecule has 8 amide bonds. The molecule has 0 aromatic rings. The lowest BCUT2D eigenvalue weighted by Crippen LogP contribution is -2.55. The first-order chi connectivity index (χ1) is 44.0. The lowest BCUT2D eigenvalue weighted by molar-refractivity contribution is -0.282. The first kappa shape index (κ1) is 81.4. The highest BCUT2D eigenvalue weighted by molar-refractivity contribution is 5.81. The fourth-order valence-electron chi connectivity index (χ4n) is 10.3. The summed E-state index contributed by atoms with van der Waals surface area (Å²) in [6.45, 7) is 7.36. The van der Waals surface area contributed by atoms with Gasteiger partial charge in [0.1, 0.15) is 36.6 Å². The van der Waals surface area contributed by atoms with E-state index in [0.717, 1.165) is 6.42 Å². The molecule has 3 aliphatic heterocycles. The predicted molar refractivity (Wildman–Crippen MR) is 326 cm³/mol. The molecule has 0 aliphatic carbocycles. The van der Waals surface area contributed by atoms with Crippen molar-refractivity contribution in [3.05, 3.63) is 0 Å².